The molecule has 1 atom stereocenters. The molecule has 1 unspecified atom stereocenters. The molecule has 0 amide bonds. The van der Waals surface area contributed by atoms with Gasteiger partial charge in [0, 0.05) is 18.0 Å². The van der Waals surface area contributed by atoms with Crippen LogP contribution in [-0.4, -0.2) is 22.7 Å². The van der Waals surface area contributed by atoms with Crippen molar-refractivity contribution in [3.8, 4) is 17.1 Å². The van der Waals surface area contributed by atoms with Gasteiger partial charge in [-0.05, 0) is 56.4 Å². The van der Waals surface area contributed by atoms with Crippen LogP contribution in [-0.2, 0) is 6.42 Å². The quantitative estimate of drug-likeness (QED) is 0.281. The largest absolute Gasteiger partial charge is 0.491 e. The monoisotopic (exact) mass is 418 g/mol. The van der Waals surface area contributed by atoms with Gasteiger partial charge in [0.15, 0.2) is 17.4 Å². The van der Waals surface area contributed by atoms with E-state index < -0.39 is 6.17 Å². The summed E-state index contributed by atoms with van der Waals surface area (Å²) in [6.45, 7) is 4.34. The van der Waals surface area contributed by atoms with Gasteiger partial charge in [-0.1, -0.05) is 51.9 Å². The molecule has 30 heavy (non-hydrogen) atoms. The van der Waals surface area contributed by atoms with E-state index in [4.69, 9.17) is 4.74 Å². The second-order valence-electron chi connectivity index (χ2n) is 8.06. The Bertz CT molecular complexity index is 720. The summed E-state index contributed by atoms with van der Waals surface area (Å²) in [6.07, 6.45) is 14.3. The van der Waals surface area contributed by atoms with E-state index in [2.05, 4.69) is 16.9 Å². The Morgan fingerprint density at radius 2 is 1.63 bits per heavy atom. The van der Waals surface area contributed by atoms with E-state index in [0.717, 1.165) is 44.1 Å². The maximum Gasteiger partial charge on any atom is 0.165 e. The molecule has 0 saturated heterocycles. The van der Waals surface area contributed by atoms with Gasteiger partial charge in [-0.25, -0.2) is 18.7 Å². The zero-order valence-electron chi connectivity index (χ0n) is 18.5. The standard InChI is InChI=1S/C25H36F2N2O/c1-3-4-5-6-7-11-16-30-24-15-14-22(17-23(24)27)25-28-18-21(19-29-25)13-10-8-9-12-20(2)26/h14-15,17-20H,3-13,16H2,1-2H3. The third kappa shape index (κ3) is 9.19. The van der Waals surface area contributed by atoms with Gasteiger partial charge >= 0.3 is 0 Å². The number of ether oxygens (including phenoxy) is 1. The minimum Gasteiger partial charge on any atom is -0.491 e. The molecule has 2 aromatic rings. The molecule has 1 aromatic carbocycles. The van der Waals surface area contributed by atoms with Gasteiger partial charge < -0.3 is 4.74 Å². The number of aryl methyl sites for hydroxylation is 1. The van der Waals surface area contributed by atoms with Crippen molar-refractivity contribution >= 4 is 0 Å². The molecular formula is C25H36F2N2O. The summed E-state index contributed by atoms with van der Waals surface area (Å²) in [6, 6.07) is 4.89. The van der Waals surface area contributed by atoms with Crippen LogP contribution < -0.4 is 4.74 Å². The summed E-state index contributed by atoms with van der Waals surface area (Å²) in [5.41, 5.74) is 1.69. The Hall–Kier alpha value is -2.04. The van der Waals surface area contributed by atoms with Crippen molar-refractivity contribution < 1.29 is 13.5 Å². The lowest BCUT2D eigenvalue weighted by atomic mass is 10.1. The SMILES string of the molecule is CCCCCCCCOc1ccc(-c2ncc(CCCCCC(C)F)cn2)cc1F. The maximum absolute atomic E-state index is 14.4. The van der Waals surface area contributed by atoms with E-state index >= 15 is 0 Å². The molecule has 3 nitrogen and oxygen atoms in total. The fourth-order valence-corrected chi connectivity index (χ4v) is 3.39. The summed E-state index contributed by atoms with van der Waals surface area (Å²) in [7, 11) is 0. The van der Waals surface area contributed by atoms with Gasteiger partial charge in [-0.3, -0.25) is 0 Å². The first kappa shape index (κ1) is 24.2. The molecule has 166 valence electrons. The van der Waals surface area contributed by atoms with Crippen LogP contribution in [0.3, 0.4) is 0 Å². The van der Waals surface area contributed by atoms with E-state index in [-0.39, 0.29) is 11.6 Å². The first-order chi connectivity index (χ1) is 14.6. The fourth-order valence-electron chi connectivity index (χ4n) is 3.39. The lowest BCUT2D eigenvalue weighted by Gasteiger charge is -2.09. The Labute approximate surface area is 180 Å². The molecule has 0 aliphatic carbocycles. The fraction of sp³-hybridized carbons (Fsp3) is 0.600. The number of hydrogen-bond acceptors (Lipinski definition) is 3. The number of aromatic nitrogens is 2. The minimum absolute atomic E-state index is 0.284. The molecule has 0 N–H and O–H groups in total. The second-order valence-corrected chi connectivity index (χ2v) is 8.06. The Kier molecular flexibility index (Phi) is 11.3. The number of rotatable bonds is 15. The van der Waals surface area contributed by atoms with Crippen LogP contribution >= 0.6 is 0 Å². The van der Waals surface area contributed by atoms with Crippen molar-refractivity contribution in [2.75, 3.05) is 6.61 Å². The van der Waals surface area contributed by atoms with Crippen LogP contribution in [0.4, 0.5) is 8.78 Å². The van der Waals surface area contributed by atoms with Gasteiger partial charge in [0.05, 0.1) is 12.8 Å². The van der Waals surface area contributed by atoms with Gasteiger partial charge in [0.1, 0.15) is 0 Å². The highest BCUT2D eigenvalue weighted by atomic mass is 19.1. The Balaban J connectivity index is 1.77. The minimum atomic E-state index is -0.722. The average molecular weight is 419 g/mol. The van der Waals surface area contributed by atoms with Crippen LogP contribution in [0.25, 0.3) is 11.4 Å². The normalized spacial score (nSPS) is 12.1. The molecule has 0 saturated carbocycles. The van der Waals surface area contributed by atoms with Crippen LogP contribution in [0.5, 0.6) is 5.75 Å². The number of nitrogens with zero attached hydrogens (tertiary/aromatic N) is 2. The number of benzene rings is 1. The number of halogens is 2. The first-order valence-corrected chi connectivity index (χ1v) is 11.5. The van der Waals surface area contributed by atoms with Crippen molar-refractivity contribution in [3.63, 3.8) is 0 Å². The molecule has 1 heterocycles. The Morgan fingerprint density at radius 1 is 0.933 bits per heavy atom. The zero-order chi connectivity index (χ0) is 21.6. The van der Waals surface area contributed by atoms with Gasteiger partial charge in [0.25, 0.3) is 0 Å². The highest BCUT2D eigenvalue weighted by molar-refractivity contribution is 5.56. The maximum atomic E-state index is 14.4. The van der Waals surface area contributed by atoms with Gasteiger partial charge in [-0.2, -0.15) is 0 Å². The predicted molar refractivity (Wildman–Crippen MR) is 119 cm³/mol. The number of hydrogen-bond donors (Lipinski definition) is 0. The van der Waals surface area contributed by atoms with E-state index in [1.54, 1.807) is 31.5 Å². The summed E-state index contributed by atoms with van der Waals surface area (Å²) in [5.74, 6) is 0.408. The lowest BCUT2D eigenvalue weighted by Crippen LogP contribution is -2.00. The van der Waals surface area contributed by atoms with Gasteiger partial charge in [0.2, 0.25) is 0 Å². The zero-order valence-corrected chi connectivity index (χ0v) is 18.5. The summed E-state index contributed by atoms with van der Waals surface area (Å²) in [4.78, 5) is 8.76. The molecule has 0 bridgehead atoms. The third-order valence-electron chi connectivity index (χ3n) is 5.22. The Morgan fingerprint density at radius 3 is 2.33 bits per heavy atom. The summed E-state index contributed by atoms with van der Waals surface area (Å²) in [5, 5.41) is 0. The molecule has 5 heteroatoms. The van der Waals surface area contributed by atoms with E-state index in [9.17, 15) is 8.78 Å². The first-order valence-electron chi connectivity index (χ1n) is 11.5. The highest BCUT2D eigenvalue weighted by Crippen LogP contribution is 2.24. The molecule has 0 aliphatic heterocycles. The molecule has 0 aliphatic rings. The second kappa shape index (κ2) is 14.1. The summed E-state index contributed by atoms with van der Waals surface area (Å²) < 4.78 is 32.8. The van der Waals surface area contributed by atoms with Crippen molar-refractivity contribution in [3.05, 3.63) is 42.0 Å². The number of alkyl halides is 1. The predicted octanol–water partition coefficient (Wildman–Crippen LogP) is 7.48. The summed E-state index contributed by atoms with van der Waals surface area (Å²) >= 11 is 0. The van der Waals surface area contributed by atoms with E-state index in [0.29, 0.717) is 24.4 Å². The molecular weight excluding hydrogens is 382 g/mol. The lowest BCUT2D eigenvalue weighted by molar-refractivity contribution is 0.290. The molecule has 0 spiro atoms. The average Bonchev–Trinajstić information content (AvgIpc) is 2.74. The van der Waals surface area contributed by atoms with Crippen molar-refractivity contribution in [1.29, 1.82) is 0 Å². The molecule has 2 rings (SSSR count). The molecule has 1 aromatic heterocycles. The van der Waals surface area contributed by atoms with Crippen LogP contribution in [0.15, 0.2) is 30.6 Å². The molecule has 0 fully saturated rings. The van der Waals surface area contributed by atoms with Crippen LogP contribution in [0.1, 0.15) is 83.6 Å². The van der Waals surface area contributed by atoms with Gasteiger partial charge in [-0.15, -0.1) is 0 Å². The van der Waals surface area contributed by atoms with E-state index in [1.807, 2.05) is 0 Å². The number of unbranched alkanes of at least 4 members (excludes halogenated alkanes) is 7. The van der Waals surface area contributed by atoms with Crippen LogP contribution in [0.2, 0.25) is 0 Å². The highest BCUT2D eigenvalue weighted by Gasteiger charge is 2.08. The van der Waals surface area contributed by atoms with Crippen LogP contribution in [0, 0.1) is 5.82 Å². The smallest absolute Gasteiger partial charge is 0.165 e. The van der Waals surface area contributed by atoms with E-state index in [1.165, 1.54) is 31.7 Å². The molecule has 0 radical (unpaired) electrons. The topological polar surface area (TPSA) is 35.0 Å². The van der Waals surface area contributed by atoms with Crippen molar-refractivity contribution in [1.82, 2.24) is 9.97 Å². The third-order valence-corrected chi connectivity index (χ3v) is 5.22. The van der Waals surface area contributed by atoms with Crippen molar-refractivity contribution in [2.24, 2.45) is 0 Å². The van der Waals surface area contributed by atoms with Crippen molar-refractivity contribution in [2.45, 2.75) is 90.6 Å².